The van der Waals surface area contributed by atoms with Crippen molar-refractivity contribution >= 4 is 5.91 Å². The molecule has 3 nitrogen and oxygen atoms in total. The zero-order valence-corrected chi connectivity index (χ0v) is 12.8. The Morgan fingerprint density at radius 2 is 2.25 bits per heavy atom. The van der Waals surface area contributed by atoms with Crippen molar-refractivity contribution < 1.29 is 9.53 Å². The second-order valence-corrected chi connectivity index (χ2v) is 6.00. The number of amides is 1. The first-order chi connectivity index (χ1) is 9.56. The minimum atomic E-state index is 0.0746. The predicted octanol–water partition coefficient (Wildman–Crippen LogP) is 3.16. The Hall–Kier alpha value is -1.35. The molecule has 1 aliphatic rings. The molecule has 0 N–H and O–H groups in total. The van der Waals surface area contributed by atoms with Gasteiger partial charge < -0.3 is 9.64 Å². The average molecular weight is 275 g/mol. The lowest BCUT2D eigenvalue weighted by atomic mass is 10.1. The highest BCUT2D eigenvalue weighted by atomic mass is 16.5. The standard InChI is InChI=1S/C17H25NO2/c1-13(2)17(19)18-9-5-8-16(11-18)20-12-15-7-4-6-14(3)10-15/h4,6-7,10,13,16H,5,8-9,11-12H2,1-3H3. The molecular weight excluding hydrogens is 250 g/mol. The maximum absolute atomic E-state index is 12.0. The van der Waals surface area contributed by atoms with Crippen molar-refractivity contribution in [3.63, 3.8) is 0 Å². The van der Waals surface area contributed by atoms with Gasteiger partial charge in [0.2, 0.25) is 5.91 Å². The van der Waals surface area contributed by atoms with E-state index in [9.17, 15) is 4.79 Å². The Labute approximate surface area is 121 Å². The van der Waals surface area contributed by atoms with E-state index in [2.05, 4.69) is 31.2 Å². The lowest BCUT2D eigenvalue weighted by Crippen LogP contribution is -2.44. The molecule has 1 aromatic carbocycles. The Morgan fingerprint density at radius 3 is 2.95 bits per heavy atom. The van der Waals surface area contributed by atoms with Gasteiger partial charge in [-0.25, -0.2) is 0 Å². The molecule has 0 bridgehead atoms. The van der Waals surface area contributed by atoms with Gasteiger partial charge in [0, 0.05) is 19.0 Å². The SMILES string of the molecule is Cc1cccc(COC2CCCN(C(=O)C(C)C)C2)c1. The monoisotopic (exact) mass is 275 g/mol. The van der Waals surface area contributed by atoms with Gasteiger partial charge in [0.25, 0.3) is 0 Å². The lowest BCUT2D eigenvalue weighted by molar-refractivity contribution is -0.138. The number of benzene rings is 1. The maximum atomic E-state index is 12.0. The van der Waals surface area contributed by atoms with E-state index < -0.39 is 0 Å². The third-order valence-electron chi connectivity index (χ3n) is 3.75. The molecule has 1 amide bonds. The van der Waals surface area contributed by atoms with Crippen LogP contribution in [0.5, 0.6) is 0 Å². The van der Waals surface area contributed by atoms with Gasteiger partial charge in [0.05, 0.1) is 12.7 Å². The summed E-state index contributed by atoms with van der Waals surface area (Å²) in [7, 11) is 0. The largest absolute Gasteiger partial charge is 0.372 e. The third-order valence-corrected chi connectivity index (χ3v) is 3.75. The molecule has 1 saturated heterocycles. The molecule has 0 spiro atoms. The van der Waals surface area contributed by atoms with Crippen molar-refractivity contribution in [3.8, 4) is 0 Å². The fourth-order valence-electron chi connectivity index (χ4n) is 2.66. The number of carbonyl (C=O) groups is 1. The second-order valence-electron chi connectivity index (χ2n) is 6.00. The topological polar surface area (TPSA) is 29.5 Å². The molecular formula is C17H25NO2. The zero-order valence-electron chi connectivity index (χ0n) is 12.8. The first-order valence-corrected chi connectivity index (χ1v) is 7.52. The number of nitrogens with zero attached hydrogens (tertiary/aromatic N) is 1. The van der Waals surface area contributed by atoms with Crippen LogP contribution in [-0.2, 0) is 16.1 Å². The van der Waals surface area contributed by atoms with Crippen LogP contribution in [0.4, 0.5) is 0 Å². The van der Waals surface area contributed by atoms with Gasteiger partial charge in [0.1, 0.15) is 0 Å². The first-order valence-electron chi connectivity index (χ1n) is 7.52. The van der Waals surface area contributed by atoms with E-state index in [0.717, 1.165) is 25.9 Å². The van der Waals surface area contributed by atoms with Gasteiger partial charge in [-0.1, -0.05) is 43.7 Å². The maximum Gasteiger partial charge on any atom is 0.225 e. The van der Waals surface area contributed by atoms with Crippen LogP contribution in [0.1, 0.15) is 37.8 Å². The number of hydrogen-bond acceptors (Lipinski definition) is 2. The van der Waals surface area contributed by atoms with Crippen LogP contribution in [0.25, 0.3) is 0 Å². The molecule has 110 valence electrons. The summed E-state index contributed by atoms with van der Waals surface area (Å²) in [4.78, 5) is 14.0. The van der Waals surface area contributed by atoms with Crippen molar-refractivity contribution in [2.75, 3.05) is 13.1 Å². The molecule has 0 aromatic heterocycles. The fraction of sp³-hybridized carbons (Fsp3) is 0.588. The van der Waals surface area contributed by atoms with Crippen molar-refractivity contribution in [1.82, 2.24) is 4.90 Å². The molecule has 2 rings (SSSR count). The summed E-state index contributed by atoms with van der Waals surface area (Å²) in [6.07, 6.45) is 2.26. The Kier molecular flexibility index (Phi) is 5.18. The van der Waals surface area contributed by atoms with Crippen LogP contribution in [0.15, 0.2) is 24.3 Å². The van der Waals surface area contributed by atoms with Crippen LogP contribution in [-0.4, -0.2) is 30.0 Å². The molecule has 1 aromatic rings. The van der Waals surface area contributed by atoms with E-state index in [-0.39, 0.29) is 17.9 Å². The number of hydrogen-bond donors (Lipinski definition) is 0. The Bertz CT molecular complexity index is 456. The summed E-state index contributed by atoms with van der Waals surface area (Å²) in [5.41, 5.74) is 2.46. The summed E-state index contributed by atoms with van der Waals surface area (Å²) >= 11 is 0. The molecule has 1 heterocycles. The Morgan fingerprint density at radius 1 is 1.45 bits per heavy atom. The quantitative estimate of drug-likeness (QED) is 0.844. The van der Waals surface area contributed by atoms with E-state index in [1.165, 1.54) is 11.1 Å². The number of ether oxygens (including phenoxy) is 1. The minimum absolute atomic E-state index is 0.0746. The third kappa shape index (κ3) is 4.07. The van der Waals surface area contributed by atoms with Crippen LogP contribution in [0.2, 0.25) is 0 Å². The van der Waals surface area contributed by atoms with E-state index in [1.54, 1.807) is 0 Å². The van der Waals surface area contributed by atoms with Crippen molar-refractivity contribution in [2.24, 2.45) is 5.92 Å². The number of piperidine rings is 1. The Balaban J connectivity index is 1.85. The summed E-state index contributed by atoms with van der Waals surface area (Å²) in [5.74, 6) is 0.319. The highest BCUT2D eigenvalue weighted by Crippen LogP contribution is 2.17. The van der Waals surface area contributed by atoms with Crippen LogP contribution < -0.4 is 0 Å². The summed E-state index contributed by atoms with van der Waals surface area (Å²) in [5, 5.41) is 0. The van der Waals surface area contributed by atoms with Gasteiger partial charge in [0.15, 0.2) is 0 Å². The van der Waals surface area contributed by atoms with E-state index in [4.69, 9.17) is 4.74 Å². The van der Waals surface area contributed by atoms with Crippen LogP contribution in [0.3, 0.4) is 0 Å². The van der Waals surface area contributed by atoms with Gasteiger partial charge in [-0.05, 0) is 25.3 Å². The fourth-order valence-corrected chi connectivity index (χ4v) is 2.66. The highest BCUT2D eigenvalue weighted by Gasteiger charge is 2.25. The van der Waals surface area contributed by atoms with Gasteiger partial charge in [-0.3, -0.25) is 4.79 Å². The molecule has 3 heteroatoms. The van der Waals surface area contributed by atoms with Crippen LogP contribution in [0, 0.1) is 12.8 Å². The minimum Gasteiger partial charge on any atom is -0.372 e. The van der Waals surface area contributed by atoms with Crippen molar-refractivity contribution in [1.29, 1.82) is 0 Å². The van der Waals surface area contributed by atoms with Gasteiger partial charge in [-0.2, -0.15) is 0 Å². The summed E-state index contributed by atoms with van der Waals surface area (Å²) in [6, 6.07) is 8.39. The lowest BCUT2D eigenvalue weighted by Gasteiger charge is -2.33. The zero-order chi connectivity index (χ0) is 14.5. The predicted molar refractivity (Wildman–Crippen MR) is 80.4 cm³/mol. The van der Waals surface area contributed by atoms with E-state index >= 15 is 0 Å². The molecule has 1 unspecified atom stereocenters. The molecule has 0 aliphatic carbocycles. The molecule has 0 radical (unpaired) electrons. The van der Waals surface area contributed by atoms with Gasteiger partial charge in [-0.15, -0.1) is 0 Å². The molecule has 1 aliphatic heterocycles. The van der Waals surface area contributed by atoms with E-state index in [0.29, 0.717) is 6.61 Å². The smallest absolute Gasteiger partial charge is 0.225 e. The summed E-state index contributed by atoms with van der Waals surface area (Å²) in [6.45, 7) is 8.26. The first kappa shape index (κ1) is 15.0. The van der Waals surface area contributed by atoms with Crippen molar-refractivity contribution in [2.45, 2.75) is 46.3 Å². The number of carbonyl (C=O) groups excluding carboxylic acids is 1. The summed E-state index contributed by atoms with van der Waals surface area (Å²) < 4.78 is 5.99. The van der Waals surface area contributed by atoms with Gasteiger partial charge >= 0.3 is 0 Å². The molecule has 20 heavy (non-hydrogen) atoms. The number of aryl methyl sites for hydroxylation is 1. The molecule has 1 fully saturated rings. The normalized spacial score (nSPS) is 19.4. The second kappa shape index (κ2) is 6.89. The van der Waals surface area contributed by atoms with Crippen LogP contribution >= 0.6 is 0 Å². The molecule has 0 saturated carbocycles. The van der Waals surface area contributed by atoms with Crippen molar-refractivity contribution in [3.05, 3.63) is 35.4 Å². The van der Waals surface area contributed by atoms with E-state index in [1.807, 2.05) is 18.7 Å². The average Bonchev–Trinajstić information content (AvgIpc) is 2.44. The number of likely N-dealkylation sites (tertiary alicyclic amines) is 1. The number of rotatable bonds is 4. The highest BCUT2D eigenvalue weighted by molar-refractivity contribution is 5.78. The molecule has 1 atom stereocenters.